The van der Waals surface area contributed by atoms with E-state index in [1.807, 2.05) is 0 Å². The lowest BCUT2D eigenvalue weighted by Crippen LogP contribution is -2.42. The number of benzene rings is 1. The number of pyridine rings is 1. The molecule has 0 bridgehead atoms. The second-order valence-corrected chi connectivity index (χ2v) is 9.42. The van der Waals surface area contributed by atoms with Crippen molar-refractivity contribution in [1.29, 1.82) is 0 Å². The SMILES string of the molecule is COc1cc(/C(N)=N/N(N)Cc2ccncc2)ccc1S(=O)N(CC(N)=O)C(=O)OC(C)(C)C. The number of carbonyl (C=O) groups is 2. The summed E-state index contributed by atoms with van der Waals surface area (Å²) in [5.74, 6) is 5.29. The normalized spacial score (nSPS) is 12.6. The number of hydrazone groups is 1. The molecule has 2 aromatic rings. The Kier molecular flexibility index (Phi) is 8.92. The monoisotopic (exact) mass is 491 g/mol. The summed E-state index contributed by atoms with van der Waals surface area (Å²) < 4.78 is 24.5. The fourth-order valence-electron chi connectivity index (χ4n) is 2.64. The van der Waals surface area contributed by atoms with Crippen LogP contribution >= 0.6 is 0 Å². The fraction of sp³-hybridized carbons (Fsp3) is 0.333. The largest absolute Gasteiger partial charge is 0.495 e. The highest BCUT2D eigenvalue weighted by atomic mass is 32.2. The number of ether oxygens (including phenoxy) is 2. The van der Waals surface area contributed by atoms with Gasteiger partial charge in [-0.05, 0) is 56.7 Å². The number of hydrazine groups is 1. The van der Waals surface area contributed by atoms with Crippen molar-refractivity contribution in [3.8, 4) is 5.75 Å². The van der Waals surface area contributed by atoms with Gasteiger partial charge in [0.25, 0.3) is 0 Å². The maximum absolute atomic E-state index is 13.2. The van der Waals surface area contributed by atoms with E-state index >= 15 is 0 Å². The van der Waals surface area contributed by atoms with Crippen LogP contribution in [0.25, 0.3) is 0 Å². The van der Waals surface area contributed by atoms with Gasteiger partial charge in [0, 0.05) is 18.0 Å². The lowest BCUT2D eigenvalue weighted by Gasteiger charge is -2.26. The van der Waals surface area contributed by atoms with Crippen LogP contribution in [-0.4, -0.2) is 55.7 Å². The molecule has 1 unspecified atom stereocenters. The topological polar surface area (TPSA) is 179 Å². The Hall–Kier alpha value is -3.71. The van der Waals surface area contributed by atoms with Gasteiger partial charge in [-0.25, -0.2) is 24.3 Å². The lowest BCUT2D eigenvalue weighted by molar-refractivity contribution is -0.118. The van der Waals surface area contributed by atoms with Gasteiger partial charge in [0.05, 0.1) is 13.7 Å². The molecule has 184 valence electrons. The van der Waals surface area contributed by atoms with E-state index in [2.05, 4.69) is 10.1 Å². The summed E-state index contributed by atoms with van der Waals surface area (Å²) in [5, 5.41) is 5.31. The average molecular weight is 492 g/mol. The van der Waals surface area contributed by atoms with Crippen molar-refractivity contribution in [1.82, 2.24) is 14.4 Å². The first-order valence-electron chi connectivity index (χ1n) is 10.1. The highest BCUT2D eigenvalue weighted by molar-refractivity contribution is 7.83. The second-order valence-electron chi connectivity index (χ2n) is 8.04. The predicted molar refractivity (Wildman–Crippen MR) is 126 cm³/mol. The molecule has 0 fully saturated rings. The molecule has 0 aliphatic carbocycles. The number of amidine groups is 1. The predicted octanol–water partition coefficient (Wildman–Crippen LogP) is 0.831. The van der Waals surface area contributed by atoms with Crippen LogP contribution in [0.1, 0.15) is 31.9 Å². The van der Waals surface area contributed by atoms with Crippen LogP contribution in [0.2, 0.25) is 0 Å². The molecule has 34 heavy (non-hydrogen) atoms. The number of amides is 2. The number of nitrogens with two attached hydrogens (primary N) is 3. The minimum atomic E-state index is -2.17. The van der Waals surface area contributed by atoms with Gasteiger partial charge in [-0.1, -0.05) is 0 Å². The Morgan fingerprint density at radius 3 is 2.35 bits per heavy atom. The molecule has 2 amide bonds. The number of aromatic nitrogens is 1. The van der Waals surface area contributed by atoms with Gasteiger partial charge in [-0.3, -0.25) is 9.78 Å². The van der Waals surface area contributed by atoms with Crippen molar-refractivity contribution in [2.24, 2.45) is 22.4 Å². The van der Waals surface area contributed by atoms with E-state index in [9.17, 15) is 13.8 Å². The van der Waals surface area contributed by atoms with Gasteiger partial charge in [0.1, 0.15) is 22.8 Å². The van der Waals surface area contributed by atoms with Crippen LogP contribution in [0.3, 0.4) is 0 Å². The average Bonchev–Trinajstić information content (AvgIpc) is 2.75. The van der Waals surface area contributed by atoms with Gasteiger partial charge in [0.15, 0.2) is 16.8 Å². The molecule has 0 spiro atoms. The number of nitrogens with zero attached hydrogens (tertiary/aromatic N) is 4. The maximum Gasteiger partial charge on any atom is 0.423 e. The van der Waals surface area contributed by atoms with Crippen molar-refractivity contribution in [3.63, 3.8) is 0 Å². The number of rotatable bonds is 9. The Morgan fingerprint density at radius 1 is 1.15 bits per heavy atom. The molecule has 12 nitrogen and oxygen atoms in total. The number of hydrogen-bond donors (Lipinski definition) is 3. The van der Waals surface area contributed by atoms with Crippen molar-refractivity contribution < 1.29 is 23.3 Å². The standard InChI is InChI=1S/C21H29N7O5S/c1-21(2,3)33-20(30)27(13-18(22)29)34(31)17-6-5-15(11-16(17)32-4)19(23)26-28(24)12-14-7-9-25-10-8-14/h5-11H,12-13,24H2,1-4H3,(H2,22,29)(H2,23,26). The summed E-state index contributed by atoms with van der Waals surface area (Å²) in [6.45, 7) is 4.60. The quantitative estimate of drug-likeness (QED) is 0.198. The zero-order valence-corrected chi connectivity index (χ0v) is 20.2. The molecular weight excluding hydrogens is 462 g/mol. The smallest absolute Gasteiger partial charge is 0.423 e. The van der Waals surface area contributed by atoms with Crippen LogP contribution in [0.15, 0.2) is 52.7 Å². The number of carbonyl (C=O) groups excluding carboxylic acids is 2. The molecule has 13 heteroatoms. The first kappa shape index (κ1) is 26.5. The fourth-order valence-corrected chi connectivity index (χ4v) is 3.80. The zero-order valence-electron chi connectivity index (χ0n) is 19.4. The molecule has 1 aromatic heterocycles. The van der Waals surface area contributed by atoms with Crippen LogP contribution < -0.4 is 22.0 Å². The van der Waals surface area contributed by atoms with Crippen molar-refractivity contribution in [2.45, 2.75) is 37.8 Å². The number of hydrogen-bond acceptors (Lipinski definition) is 9. The van der Waals surface area contributed by atoms with Crippen molar-refractivity contribution in [2.75, 3.05) is 13.7 Å². The molecule has 0 saturated carbocycles. The number of primary amides is 1. The summed E-state index contributed by atoms with van der Waals surface area (Å²) in [5.41, 5.74) is 11.8. The molecular formula is C21H29N7O5S. The molecule has 1 atom stereocenters. The lowest BCUT2D eigenvalue weighted by atomic mass is 10.2. The Morgan fingerprint density at radius 2 is 1.79 bits per heavy atom. The second kappa shape index (κ2) is 11.4. The maximum atomic E-state index is 13.2. The summed E-state index contributed by atoms with van der Waals surface area (Å²) in [6, 6.07) is 8.05. The van der Waals surface area contributed by atoms with Gasteiger partial charge >= 0.3 is 6.09 Å². The Bertz CT molecular complexity index is 1070. The molecule has 1 aromatic carbocycles. The molecule has 1 heterocycles. The minimum absolute atomic E-state index is 0.0772. The Balaban J connectivity index is 2.30. The summed E-state index contributed by atoms with van der Waals surface area (Å²) in [4.78, 5) is 28.1. The Labute approximate surface area is 200 Å². The van der Waals surface area contributed by atoms with E-state index < -0.39 is 35.1 Å². The molecule has 0 saturated heterocycles. The highest BCUT2D eigenvalue weighted by Crippen LogP contribution is 2.26. The zero-order chi connectivity index (χ0) is 25.5. The molecule has 0 radical (unpaired) electrons. The van der Waals surface area contributed by atoms with Gasteiger partial charge in [-0.2, -0.15) is 0 Å². The van der Waals surface area contributed by atoms with Crippen molar-refractivity contribution >= 4 is 28.8 Å². The highest BCUT2D eigenvalue weighted by Gasteiger charge is 2.30. The summed E-state index contributed by atoms with van der Waals surface area (Å²) in [7, 11) is -0.807. The van der Waals surface area contributed by atoms with E-state index in [1.54, 1.807) is 45.3 Å². The molecule has 0 aliphatic heterocycles. The summed E-state index contributed by atoms with van der Waals surface area (Å²) in [6.07, 6.45) is 2.31. The molecule has 0 aliphatic rings. The first-order chi connectivity index (χ1) is 15.9. The van der Waals surface area contributed by atoms with Crippen LogP contribution in [-0.2, 0) is 27.1 Å². The van der Waals surface area contributed by atoms with Crippen LogP contribution in [0, 0.1) is 0 Å². The van der Waals surface area contributed by atoms with E-state index in [0.717, 1.165) is 9.87 Å². The van der Waals surface area contributed by atoms with Gasteiger partial charge in [0.2, 0.25) is 5.91 Å². The number of methoxy groups -OCH3 is 1. The third-order valence-corrected chi connectivity index (χ3v) is 5.47. The molecule has 6 N–H and O–H groups in total. The minimum Gasteiger partial charge on any atom is -0.495 e. The van der Waals surface area contributed by atoms with Crippen LogP contribution in [0.4, 0.5) is 4.79 Å². The third-order valence-electron chi connectivity index (χ3n) is 4.07. The van der Waals surface area contributed by atoms with Gasteiger partial charge < -0.3 is 20.9 Å². The third kappa shape index (κ3) is 7.71. The van der Waals surface area contributed by atoms with E-state index in [4.69, 9.17) is 26.8 Å². The molecule has 2 rings (SSSR count). The van der Waals surface area contributed by atoms with Crippen molar-refractivity contribution in [3.05, 3.63) is 53.9 Å². The summed E-state index contributed by atoms with van der Waals surface area (Å²) >= 11 is 0. The van der Waals surface area contributed by atoms with Gasteiger partial charge in [-0.15, -0.1) is 5.10 Å². The van der Waals surface area contributed by atoms with E-state index in [1.165, 1.54) is 30.4 Å². The van der Waals surface area contributed by atoms with E-state index in [-0.39, 0.29) is 16.5 Å². The van der Waals surface area contributed by atoms with Crippen LogP contribution in [0.5, 0.6) is 5.75 Å². The first-order valence-corrected chi connectivity index (χ1v) is 11.2. The van der Waals surface area contributed by atoms with E-state index in [0.29, 0.717) is 12.1 Å².